The summed E-state index contributed by atoms with van der Waals surface area (Å²) in [7, 11) is 0. The number of piperazine rings is 1. The second-order valence-corrected chi connectivity index (χ2v) is 9.14. The van der Waals surface area contributed by atoms with E-state index in [4.69, 9.17) is 0 Å². The number of amides is 2. The van der Waals surface area contributed by atoms with E-state index >= 15 is 0 Å². The zero-order valence-corrected chi connectivity index (χ0v) is 21.3. The number of anilines is 2. The molecule has 0 aliphatic carbocycles. The molecule has 1 aliphatic rings. The van der Waals surface area contributed by atoms with Crippen LogP contribution in [0.5, 0.6) is 0 Å². The van der Waals surface area contributed by atoms with Gasteiger partial charge in [-0.15, -0.1) is 0 Å². The highest BCUT2D eigenvalue weighted by molar-refractivity contribution is 5.92. The first-order chi connectivity index (χ1) is 18.0. The second-order valence-electron chi connectivity index (χ2n) is 9.14. The molecule has 37 heavy (non-hydrogen) atoms. The second kappa shape index (κ2) is 13.5. The molecular weight excluding hydrogens is 466 g/mol. The number of nitrogens with one attached hydrogen (secondary N) is 3. The molecule has 0 spiro atoms. The molecule has 3 aromatic rings. The van der Waals surface area contributed by atoms with Gasteiger partial charge >= 0.3 is 0 Å². The van der Waals surface area contributed by atoms with Gasteiger partial charge in [0.2, 0.25) is 11.8 Å². The maximum Gasteiger partial charge on any atom is 0.239 e. The Morgan fingerprint density at radius 3 is 2.19 bits per heavy atom. The number of rotatable bonds is 11. The lowest BCUT2D eigenvalue weighted by Gasteiger charge is -2.34. The summed E-state index contributed by atoms with van der Waals surface area (Å²) < 4.78 is 0. The van der Waals surface area contributed by atoms with E-state index in [2.05, 4.69) is 60.0 Å². The van der Waals surface area contributed by atoms with Crippen molar-refractivity contribution in [1.82, 2.24) is 25.1 Å². The molecule has 0 radical (unpaired) electrons. The molecule has 4 rings (SSSR count). The van der Waals surface area contributed by atoms with E-state index in [9.17, 15) is 9.59 Å². The fourth-order valence-electron chi connectivity index (χ4n) is 4.24. The Labute approximate surface area is 218 Å². The van der Waals surface area contributed by atoms with Gasteiger partial charge in [-0.1, -0.05) is 60.7 Å². The summed E-state index contributed by atoms with van der Waals surface area (Å²) >= 11 is 0. The van der Waals surface area contributed by atoms with Crippen LogP contribution in [0.3, 0.4) is 0 Å². The largest absolute Gasteiger partial charge is 0.368 e. The molecule has 1 fully saturated rings. The Bertz CT molecular complexity index is 1150. The number of carbonyl (C=O) groups excluding carboxylic acids is 2. The van der Waals surface area contributed by atoms with Crippen molar-refractivity contribution in [3.8, 4) is 11.4 Å². The van der Waals surface area contributed by atoms with Gasteiger partial charge in [0.05, 0.1) is 6.54 Å². The molecule has 0 bridgehead atoms. The van der Waals surface area contributed by atoms with Crippen molar-refractivity contribution in [3.63, 3.8) is 0 Å². The number of aromatic nitrogens is 2. The monoisotopic (exact) mass is 501 g/mol. The van der Waals surface area contributed by atoms with Crippen LogP contribution >= 0.6 is 0 Å². The summed E-state index contributed by atoms with van der Waals surface area (Å²) in [4.78, 5) is 37.8. The lowest BCUT2D eigenvalue weighted by atomic mass is 10.1. The minimum atomic E-state index is -0.0976. The van der Waals surface area contributed by atoms with Crippen LogP contribution in [0.2, 0.25) is 0 Å². The van der Waals surface area contributed by atoms with Crippen molar-refractivity contribution in [3.05, 3.63) is 72.3 Å². The number of benzene rings is 2. The van der Waals surface area contributed by atoms with E-state index in [0.29, 0.717) is 37.1 Å². The SMILES string of the molecule is CC(=O)NCCNc1cc(NC(=O)CN2CCN(CCc3ccccc3)CC2)nc(-c2ccccc2)n1. The van der Waals surface area contributed by atoms with E-state index in [-0.39, 0.29) is 11.8 Å². The average molecular weight is 502 g/mol. The highest BCUT2D eigenvalue weighted by Gasteiger charge is 2.19. The molecule has 1 aliphatic heterocycles. The van der Waals surface area contributed by atoms with E-state index in [1.807, 2.05) is 36.4 Å². The number of carbonyl (C=O) groups is 2. The van der Waals surface area contributed by atoms with Crippen LogP contribution in [-0.2, 0) is 16.0 Å². The Morgan fingerprint density at radius 2 is 1.49 bits per heavy atom. The van der Waals surface area contributed by atoms with E-state index in [1.165, 1.54) is 12.5 Å². The van der Waals surface area contributed by atoms with Crippen molar-refractivity contribution in [2.45, 2.75) is 13.3 Å². The van der Waals surface area contributed by atoms with E-state index < -0.39 is 0 Å². The van der Waals surface area contributed by atoms with E-state index in [0.717, 1.165) is 44.7 Å². The van der Waals surface area contributed by atoms with Crippen LogP contribution in [0.25, 0.3) is 11.4 Å². The summed E-state index contributed by atoms with van der Waals surface area (Å²) in [6.07, 6.45) is 1.04. The van der Waals surface area contributed by atoms with Gasteiger partial charge in [0.1, 0.15) is 11.6 Å². The molecule has 9 heteroatoms. The zero-order valence-electron chi connectivity index (χ0n) is 21.3. The quantitative estimate of drug-likeness (QED) is 0.347. The van der Waals surface area contributed by atoms with Gasteiger partial charge in [-0.3, -0.25) is 14.5 Å². The molecule has 194 valence electrons. The van der Waals surface area contributed by atoms with Gasteiger partial charge in [0, 0.05) is 64.4 Å². The number of nitrogens with zero attached hydrogens (tertiary/aromatic N) is 4. The summed E-state index contributed by atoms with van der Waals surface area (Å²) in [6, 6.07) is 21.9. The summed E-state index contributed by atoms with van der Waals surface area (Å²) in [5.74, 6) is 1.37. The summed E-state index contributed by atoms with van der Waals surface area (Å²) in [5.41, 5.74) is 2.21. The molecule has 1 aromatic heterocycles. The van der Waals surface area contributed by atoms with Crippen LogP contribution in [0, 0.1) is 0 Å². The normalized spacial score (nSPS) is 14.2. The lowest BCUT2D eigenvalue weighted by molar-refractivity contribution is -0.119. The highest BCUT2D eigenvalue weighted by Crippen LogP contribution is 2.20. The standard InChI is InChI=1S/C28H35N7O2/c1-22(36)29-13-14-30-25-20-26(33-28(32-25)24-10-6-3-7-11-24)31-27(37)21-35-18-16-34(17-19-35)15-12-23-8-4-2-5-9-23/h2-11,20H,12-19,21H2,1H3,(H,29,36)(H2,30,31,32,33,37). The van der Waals surface area contributed by atoms with Gasteiger partial charge in [-0.05, 0) is 12.0 Å². The molecular formula is C28H35N7O2. The molecule has 9 nitrogen and oxygen atoms in total. The smallest absolute Gasteiger partial charge is 0.239 e. The minimum Gasteiger partial charge on any atom is -0.368 e. The molecule has 0 atom stereocenters. The van der Waals surface area contributed by atoms with Crippen LogP contribution in [0.1, 0.15) is 12.5 Å². The number of hydrogen-bond donors (Lipinski definition) is 3. The van der Waals surface area contributed by atoms with Crippen molar-refractivity contribution in [2.24, 2.45) is 0 Å². The first kappa shape index (κ1) is 26.2. The zero-order chi connectivity index (χ0) is 25.9. The number of hydrogen-bond acceptors (Lipinski definition) is 7. The fourth-order valence-corrected chi connectivity index (χ4v) is 4.24. The Hall–Kier alpha value is -3.82. The Kier molecular flexibility index (Phi) is 9.56. The van der Waals surface area contributed by atoms with Crippen LogP contribution in [0.15, 0.2) is 66.7 Å². The first-order valence-electron chi connectivity index (χ1n) is 12.8. The van der Waals surface area contributed by atoms with Gasteiger partial charge in [-0.2, -0.15) is 0 Å². The fraction of sp³-hybridized carbons (Fsp3) is 0.357. The third kappa shape index (κ3) is 8.66. The topological polar surface area (TPSA) is 102 Å². The molecule has 2 amide bonds. The predicted molar refractivity (Wildman–Crippen MR) is 146 cm³/mol. The minimum absolute atomic E-state index is 0.0838. The van der Waals surface area contributed by atoms with Crippen LogP contribution in [0.4, 0.5) is 11.6 Å². The van der Waals surface area contributed by atoms with Crippen molar-refractivity contribution in [2.75, 3.05) is 63.0 Å². The third-order valence-electron chi connectivity index (χ3n) is 6.22. The lowest BCUT2D eigenvalue weighted by Crippen LogP contribution is -2.49. The van der Waals surface area contributed by atoms with Gasteiger partial charge in [0.15, 0.2) is 5.82 Å². The maximum atomic E-state index is 12.9. The van der Waals surface area contributed by atoms with Crippen LogP contribution < -0.4 is 16.0 Å². The predicted octanol–water partition coefficient (Wildman–Crippen LogP) is 2.49. The Balaban J connectivity index is 1.30. The molecule has 3 N–H and O–H groups in total. The van der Waals surface area contributed by atoms with Crippen molar-refractivity contribution in [1.29, 1.82) is 0 Å². The first-order valence-corrected chi connectivity index (χ1v) is 12.8. The van der Waals surface area contributed by atoms with Crippen molar-refractivity contribution >= 4 is 23.5 Å². The molecule has 2 aromatic carbocycles. The summed E-state index contributed by atoms with van der Waals surface area (Å²) in [5, 5.41) is 8.90. The molecule has 1 saturated heterocycles. The van der Waals surface area contributed by atoms with Gasteiger partial charge in [-0.25, -0.2) is 9.97 Å². The average Bonchev–Trinajstić information content (AvgIpc) is 2.91. The maximum absolute atomic E-state index is 12.9. The molecule has 0 saturated carbocycles. The van der Waals surface area contributed by atoms with E-state index in [1.54, 1.807) is 6.07 Å². The third-order valence-corrected chi connectivity index (χ3v) is 6.22. The Morgan fingerprint density at radius 1 is 0.838 bits per heavy atom. The summed E-state index contributed by atoms with van der Waals surface area (Å²) in [6.45, 7) is 7.44. The molecule has 2 heterocycles. The van der Waals surface area contributed by atoms with Crippen molar-refractivity contribution < 1.29 is 9.59 Å². The van der Waals surface area contributed by atoms with Gasteiger partial charge in [0.25, 0.3) is 0 Å². The molecule has 0 unspecified atom stereocenters. The van der Waals surface area contributed by atoms with Crippen LogP contribution in [-0.4, -0.2) is 83.9 Å². The van der Waals surface area contributed by atoms with Gasteiger partial charge < -0.3 is 20.9 Å². The highest BCUT2D eigenvalue weighted by atomic mass is 16.2.